The van der Waals surface area contributed by atoms with Gasteiger partial charge in [-0.15, -0.1) is 0 Å². The predicted octanol–water partition coefficient (Wildman–Crippen LogP) is 1.87. The third-order valence-corrected chi connectivity index (χ3v) is 3.89. The Morgan fingerprint density at radius 3 is 2.38 bits per heavy atom. The standard InChI is InChI=1S/C18H21N3O3/c1-13-7-6-8-14(2)18(13)19-17(22)12-20(3)11-15-9-4-5-10-16(15)21(23)24/h4-10H,11-12H2,1-3H3,(H,19,22)/p+1. The molecule has 126 valence electrons. The van der Waals surface area contributed by atoms with E-state index in [1.165, 1.54) is 6.07 Å². The van der Waals surface area contributed by atoms with E-state index in [2.05, 4.69) is 5.32 Å². The second-order valence-electron chi connectivity index (χ2n) is 6.01. The van der Waals surface area contributed by atoms with E-state index in [9.17, 15) is 14.9 Å². The monoisotopic (exact) mass is 328 g/mol. The van der Waals surface area contributed by atoms with Crippen molar-refractivity contribution in [1.82, 2.24) is 0 Å². The molecule has 0 aliphatic heterocycles. The average Bonchev–Trinajstić information content (AvgIpc) is 2.51. The van der Waals surface area contributed by atoms with Crippen molar-refractivity contribution < 1.29 is 14.6 Å². The van der Waals surface area contributed by atoms with E-state index in [1.54, 1.807) is 18.2 Å². The highest BCUT2D eigenvalue weighted by atomic mass is 16.6. The molecule has 0 aliphatic carbocycles. The highest BCUT2D eigenvalue weighted by Gasteiger charge is 2.18. The van der Waals surface area contributed by atoms with Crippen LogP contribution in [0.3, 0.4) is 0 Å². The van der Waals surface area contributed by atoms with Crippen LogP contribution in [0.2, 0.25) is 0 Å². The van der Waals surface area contributed by atoms with Gasteiger partial charge in [-0.3, -0.25) is 14.9 Å². The molecule has 0 bridgehead atoms. The van der Waals surface area contributed by atoms with Gasteiger partial charge in [0.2, 0.25) is 0 Å². The van der Waals surface area contributed by atoms with Crippen LogP contribution in [0.1, 0.15) is 16.7 Å². The molecule has 0 saturated heterocycles. The fourth-order valence-electron chi connectivity index (χ4n) is 2.70. The average molecular weight is 328 g/mol. The number of amides is 1. The molecule has 1 amide bonds. The fraction of sp³-hybridized carbons (Fsp3) is 0.278. The molecule has 6 nitrogen and oxygen atoms in total. The molecular weight excluding hydrogens is 306 g/mol. The summed E-state index contributed by atoms with van der Waals surface area (Å²) in [5, 5.41) is 14.0. The lowest BCUT2D eigenvalue weighted by molar-refractivity contribution is -0.885. The lowest BCUT2D eigenvalue weighted by atomic mass is 10.1. The maximum Gasteiger partial charge on any atom is 0.279 e. The van der Waals surface area contributed by atoms with Gasteiger partial charge in [-0.2, -0.15) is 0 Å². The summed E-state index contributed by atoms with van der Waals surface area (Å²) in [4.78, 5) is 23.8. The Labute approximate surface area is 141 Å². The van der Waals surface area contributed by atoms with Gasteiger partial charge in [0, 0.05) is 11.8 Å². The van der Waals surface area contributed by atoms with Gasteiger partial charge < -0.3 is 10.2 Å². The summed E-state index contributed by atoms with van der Waals surface area (Å²) in [5.74, 6) is -0.108. The largest absolute Gasteiger partial charge is 0.326 e. The van der Waals surface area contributed by atoms with Crippen LogP contribution in [0.4, 0.5) is 11.4 Å². The van der Waals surface area contributed by atoms with Gasteiger partial charge in [-0.25, -0.2) is 0 Å². The number of para-hydroxylation sites is 2. The van der Waals surface area contributed by atoms with Crippen molar-refractivity contribution >= 4 is 17.3 Å². The molecule has 0 radical (unpaired) electrons. The number of carbonyl (C=O) groups is 1. The number of aryl methyl sites for hydroxylation is 2. The molecule has 6 heteroatoms. The minimum absolute atomic E-state index is 0.0898. The number of nitrogens with one attached hydrogen (secondary N) is 2. The highest BCUT2D eigenvalue weighted by molar-refractivity contribution is 5.93. The molecule has 1 atom stereocenters. The minimum Gasteiger partial charge on any atom is -0.326 e. The smallest absolute Gasteiger partial charge is 0.279 e. The third-order valence-electron chi connectivity index (χ3n) is 3.89. The van der Waals surface area contributed by atoms with E-state index in [0.717, 1.165) is 21.7 Å². The first kappa shape index (κ1) is 17.6. The summed E-state index contributed by atoms with van der Waals surface area (Å²) >= 11 is 0. The van der Waals surface area contributed by atoms with Crippen molar-refractivity contribution in [2.45, 2.75) is 20.4 Å². The van der Waals surface area contributed by atoms with Crippen molar-refractivity contribution in [3.8, 4) is 0 Å². The van der Waals surface area contributed by atoms with Gasteiger partial charge in [-0.05, 0) is 31.0 Å². The maximum atomic E-state index is 12.3. The highest BCUT2D eigenvalue weighted by Crippen LogP contribution is 2.19. The molecule has 2 aromatic carbocycles. The van der Waals surface area contributed by atoms with Gasteiger partial charge in [0.1, 0.15) is 6.54 Å². The van der Waals surface area contributed by atoms with E-state index < -0.39 is 0 Å². The Morgan fingerprint density at radius 2 is 1.75 bits per heavy atom. The van der Waals surface area contributed by atoms with Crippen LogP contribution in [0.15, 0.2) is 42.5 Å². The normalized spacial score (nSPS) is 11.8. The lowest BCUT2D eigenvalue weighted by Crippen LogP contribution is -3.08. The molecule has 0 heterocycles. The Morgan fingerprint density at radius 1 is 1.12 bits per heavy atom. The third kappa shape index (κ3) is 4.39. The van der Waals surface area contributed by atoms with Crippen LogP contribution in [-0.4, -0.2) is 24.4 Å². The second kappa shape index (κ2) is 7.70. The molecule has 0 aromatic heterocycles. The van der Waals surface area contributed by atoms with Crippen LogP contribution < -0.4 is 10.2 Å². The van der Waals surface area contributed by atoms with Crippen molar-refractivity contribution in [2.24, 2.45) is 0 Å². The van der Waals surface area contributed by atoms with Crippen LogP contribution >= 0.6 is 0 Å². The molecule has 2 N–H and O–H groups in total. The molecule has 0 fully saturated rings. The fourth-order valence-corrected chi connectivity index (χ4v) is 2.70. The van der Waals surface area contributed by atoms with Gasteiger partial charge in [0.25, 0.3) is 11.6 Å². The number of hydrogen-bond donors (Lipinski definition) is 2. The second-order valence-corrected chi connectivity index (χ2v) is 6.01. The Kier molecular flexibility index (Phi) is 5.65. The number of hydrogen-bond acceptors (Lipinski definition) is 3. The minimum atomic E-state index is -0.390. The van der Waals surface area contributed by atoms with E-state index in [0.29, 0.717) is 12.1 Å². The topological polar surface area (TPSA) is 76.7 Å². The number of likely N-dealkylation sites (N-methyl/N-ethyl adjacent to an activating group) is 1. The van der Waals surface area contributed by atoms with Crippen molar-refractivity contribution in [3.05, 3.63) is 69.3 Å². The molecule has 2 rings (SSSR count). The van der Waals surface area contributed by atoms with E-state index >= 15 is 0 Å². The van der Waals surface area contributed by atoms with Crippen LogP contribution in [-0.2, 0) is 11.3 Å². The molecule has 24 heavy (non-hydrogen) atoms. The molecule has 1 unspecified atom stereocenters. The van der Waals surface area contributed by atoms with E-state index in [4.69, 9.17) is 0 Å². The molecule has 0 spiro atoms. The van der Waals surface area contributed by atoms with Crippen LogP contribution in [0.5, 0.6) is 0 Å². The predicted molar refractivity (Wildman–Crippen MR) is 93.1 cm³/mol. The SMILES string of the molecule is Cc1cccc(C)c1NC(=O)C[NH+](C)Cc1ccccc1[N+](=O)[O-]. The zero-order valence-electron chi connectivity index (χ0n) is 14.1. The lowest BCUT2D eigenvalue weighted by Gasteiger charge is -2.15. The van der Waals surface area contributed by atoms with Gasteiger partial charge in [-0.1, -0.05) is 30.3 Å². The van der Waals surface area contributed by atoms with Crippen molar-refractivity contribution in [1.29, 1.82) is 0 Å². The first-order valence-electron chi connectivity index (χ1n) is 7.78. The van der Waals surface area contributed by atoms with E-state index in [-0.39, 0.29) is 23.1 Å². The van der Waals surface area contributed by atoms with Crippen LogP contribution in [0, 0.1) is 24.0 Å². The Hall–Kier alpha value is -2.73. The summed E-state index contributed by atoms with van der Waals surface area (Å²) in [6.07, 6.45) is 0. The maximum absolute atomic E-state index is 12.3. The number of nitro benzene ring substituents is 1. The molecule has 2 aromatic rings. The van der Waals surface area contributed by atoms with Crippen molar-refractivity contribution in [2.75, 3.05) is 18.9 Å². The molecule has 0 saturated carbocycles. The van der Waals surface area contributed by atoms with E-state index in [1.807, 2.05) is 39.1 Å². The first-order valence-corrected chi connectivity index (χ1v) is 7.78. The van der Waals surface area contributed by atoms with Crippen molar-refractivity contribution in [3.63, 3.8) is 0 Å². The Balaban J connectivity index is 2.01. The number of nitrogens with zero attached hydrogens (tertiary/aromatic N) is 1. The van der Waals surface area contributed by atoms with Gasteiger partial charge in [0.15, 0.2) is 6.54 Å². The zero-order chi connectivity index (χ0) is 17.7. The van der Waals surface area contributed by atoms with Crippen LogP contribution in [0.25, 0.3) is 0 Å². The van der Waals surface area contributed by atoms with Gasteiger partial charge >= 0.3 is 0 Å². The number of benzene rings is 2. The number of nitro groups is 1. The van der Waals surface area contributed by atoms with Gasteiger partial charge in [0.05, 0.1) is 17.5 Å². The Bertz CT molecular complexity index is 739. The number of rotatable bonds is 6. The number of carbonyl (C=O) groups excluding carboxylic acids is 1. The number of quaternary nitrogens is 1. The summed E-state index contributed by atoms with van der Waals surface area (Å²) in [6, 6.07) is 12.5. The molecule has 0 aliphatic rings. The summed E-state index contributed by atoms with van der Waals surface area (Å²) in [7, 11) is 1.85. The zero-order valence-corrected chi connectivity index (χ0v) is 14.1. The molecular formula is C18H22N3O3+. The summed E-state index contributed by atoms with van der Waals surface area (Å²) < 4.78 is 0. The summed E-state index contributed by atoms with van der Waals surface area (Å²) in [5.41, 5.74) is 3.58. The summed E-state index contributed by atoms with van der Waals surface area (Å²) in [6.45, 7) is 4.55. The number of anilines is 1. The first-order chi connectivity index (χ1) is 11.4. The quantitative estimate of drug-likeness (QED) is 0.628.